The van der Waals surface area contributed by atoms with Crippen LogP contribution in [0.4, 0.5) is 17.2 Å². The summed E-state index contributed by atoms with van der Waals surface area (Å²) in [5.41, 5.74) is 13.3. The SMILES string of the molecule is COCc1cccc(Nc2cc(C(N)=O)c(N)cn2)c1. The lowest BCUT2D eigenvalue weighted by atomic mass is 10.2. The van der Waals surface area contributed by atoms with Crippen molar-refractivity contribution in [3.8, 4) is 0 Å². The second kappa shape index (κ2) is 6.03. The van der Waals surface area contributed by atoms with Crippen LogP contribution in [0.3, 0.4) is 0 Å². The monoisotopic (exact) mass is 272 g/mol. The molecule has 1 aromatic carbocycles. The number of nitrogens with zero attached hydrogens (tertiary/aromatic N) is 1. The van der Waals surface area contributed by atoms with Gasteiger partial charge in [-0.15, -0.1) is 0 Å². The Morgan fingerprint density at radius 3 is 2.90 bits per heavy atom. The van der Waals surface area contributed by atoms with Crippen LogP contribution in [0.25, 0.3) is 0 Å². The summed E-state index contributed by atoms with van der Waals surface area (Å²) in [6, 6.07) is 9.22. The lowest BCUT2D eigenvalue weighted by Gasteiger charge is -2.09. The molecule has 0 atom stereocenters. The molecule has 0 bridgehead atoms. The Bertz CT molecular complexity index is 628. The van der Waals surface area contributed by atoms with Crippen LogP contribution in [0.1, 0.15) is 15.9 Å². The Labute approximate surface area is 116 Å². The van der Waals surface area contributed by atoms with Crippen LogP contribution in [-0.2, 0) is 11.3 Å². The predicted octanol–water partition coefficient (Wildman–Crippen LogP) is 1.65. The third-order valence-electron chi connectivity index (χ3n) is 2.71. The lowest BCUT2D eigenvalue weighted by Crippen LogP contribution is -2.14. The lowest BCUT2D eigenvalue weighted by molar-refractivity contribution is 0.100. The van der Waals surface area contributed by atoms with E-state index in [0.29, 0.717) is 12.4 Å². The van der Waals surface area contributed by atoms with E-state index >= 15 is 0 Å². The number of nitrogens with two attached hydrogens (primary N) is 2. The van der Waals surface area contributed by atoms with Crippen molar-refractivity contribution in [2.75, 3.05) is 18.2 Å². The number of carbonyl (C=O) groups excluding carboxylic acids is 1. The van der Waals surface area contributed by atoms with Gasteiger partial charge in [-0.2, -0.15) is 0 Å². The van der Waals surface area contributed by atoms with Crippen LogP contribution in [0.5, 0.6) is 0 Å². The molecule has 20 heavy (non-hydrogen) atoms. The van der Waals surface area contributed by atoms with E-state index in [1.54, 1.807) is 7.11 Å². The number of nitrogens with one attached hydrogen (secondary N) is 1. The van der Waals surface area contributed by atoms with Crippen molar-refractivity contribution in [2.24, 2.45) is 5.73 Å². The maximum absolute atomic E-state index is 11.2. The molecule has 2 aromatic rings. The molecule has 1 aromatic heterocycles. The molecular formula is C14H16N4O2. The predicted molar refractivity (Wildman–Crippen MR) is 77.6 cm³/mol. The van der Waals surface area contributed by atoms with Gasteiger partial charge in [0, 0.05) is 12.8 Å². The summed E-state index contributed by atoms with van der Waals surface area (Å²) in [4.78, 5) is 15.4. The van der Waals surface area contributed by atoms with Gasteiger partial charge in [0.2, 0.25) is 0 Å². The fourth-order valence-corrected chi connectivity index (χ4v) is 1.80. The van der Waals surface area contributed by atoms with Crippen molar-refractivity contribution < 1.29 is 9.53 Å². The Kier molecular flexibility index (Phi) is 4.17. The molecule has 0 fully saturated rings. The summed E-state index contributed by atoms with van der Waals surface area (Å²) in [5, 5.41) is 3.10. The number of hydrogen-bond acceptors (Lipinski definition) is 5. The number of benzene rings is 1. The number of nitrogen functional groups attached to an aromatic ring is 1. The minimum atomic E-state index is -0.582. The second-order valence-corrected chi connectivity index (χ2v) is 4.28. The van der Waals surface area contributed by atoms with Gasteiger partial charge in [0.15, 0.2) is 0 Å². The molecule has 104 valence electrons. The van der Waals surface area contributed by atoms with E-state index in [9.17, 15) is 4.79 Å². The number of aromatic nitrogens is 1. The highest BCUT2D eigenvalue weighted by Gasteiger charge is 2.08. The Hall–Kier alpha value is -2.60. The van der Waals surface area contributed by atoms with Crippen molar-refractivity contribution in [3.63, 3.8) is 0 Å². The smallest absolute Gasteiger partial charge is 0.250 e. The van der Waals surface area contributed by atoms with Gasteiger partial charge in [0.05, 0.1) is 24.1 Å². The maximum atomic E-state index is 11.2. The van der Waals surface area contributed by atoms with Crippen LogP contribution in [-0.4, -0.2) is 18.0 Å². The molecular weight excluding hydrogens is 256 g/mol. The Morgan fingerprint density at radius 1 is 1.40 bits per heavy atom. The minimum Gasteiger partial charge on any atom is -0.397 e. The molecule has 0 radical (unpaired) electrons. The molecule has 6 heteroatoms. The molecule has 1 amide bonds. The van der Waals surface area contributed by atoms with Crippen molar-refractivity contribution in [3.05, 3.63) is 47.7 Å². The van der Waals surface area contributed by atoms with Gasteiger partial charge in [0.25, 0.3) is 5.91 Å². The molecule has 0 aliphatic carbocycles. The second-order valence-electron chi connectivity index (χ2n) is 4.28. The first-order chi connectivity index (χ1) is 9.60. The first kappa shape index (κ1) is 13.8. The zero-order valence-corrected chi connectivity index (χ0v) is 11.1. The third-order valence-corrected chi connectivity index (χ3v) is 2.71. The van der Waals surface area contributed by atoms with Crippen LogP contribution in [0.15, 0.2) is 36.5 Å². The molecule has 0 aliphatic rings. The van der Waals surface area contributed by atoms with E-state index in [1.165, 1.54) is 12.3 Å². The van der Waals surface area contributed by atoms with E-state index in [4.69, 9.17) is 16.2 Å². The van der Waals surface area contributed by atoms with Gasteiger partial charge >= 0.3 is 0 Å². The molecule has 0 unspecified atom stereocenters. The number of amides is 1. The topological polar surface area (TPSA) is 103 Å². The van der Waals surface area contributed by atoms with Crippen LogP contribution >= 0.6 is 0 Å². The quantitative estimate of drug-likeness (QED) is 0.768. The van der Waals surface area contributed by atoms with Crippen molar-refractivity contribution in [2.45, 2.75) is 6.61 Å². The van der Waals surface area contributed by atoms with E-state index in [1.807, 2.05) is 24.3 Å². The molecule has 0 saturated carbocycles. The highest BCUT2D eigenvalue weighted by Crippen LogP contribution is 2.19. The highest BCUT2D eigenvalue weighted by atomic mass is 16.5. The van der Waals surface area contributed by atoms with E-state index in [2.05, 4.69) is 10.3 Å². The van der Waals surface area contributed by atoms with Gasteiger partial charge in [0.1, 0.15) is 5.82 Å². The average Bonchev–Trinajstić information content (AvgIpc) is 2.41. The zero-order chi connectivity index (χ0) is 14.5. The number of primary amides is 1. The highest BCUT2D eigenvalue weighted by molar-refractivity contribution is 5.98. The first-order valence-electron chi connectivity index (χ1n) is 6.00. The van der Waals surface area contributed by atoms with Crippen LogP contribution in [0.2, 0.25) is 0 Å². The minimum absolute atomic E-state index is 0.246. The molecule has 6 nitrogen and oxygen atoms in total. The van der Waals surface area contributed by atoms with Gasteiger partial charge in [-0.3, -0.25) is 4.79 Å². The number of rotatable bonds is 5. The molecule has 1 heterocycles. The normalized spacial score (nSPS) is 10.2. The Balaban J connectivity index is 2.23. The fourth-order valence-electron chi connectivity index (χ4n) is 1.80. The van der Waals surface area contributed by atoms with Gasteiger partial charge in [-0.25, -0.2) is 4.98 Å². The number of carbonyl (C=O) groups is 1. The van der Waals surface area contributed by atoms with Gasteiger partial charge < -0.3 is 21.5 Å². The number of hydrogen-bond donors (Lipinski definition) is 3. The summed E-state index contributed by atoms with van der Waals surface area (Å²) >= 11 is 0. The molecule has 0 saturated heterocycles. The average molecular weight is 272 g/mol. The van der Waals surface area contributed by atoms with Gasteiger partial charge in [-0.05, 0) is 23.8 Å². The molecule has 0 spiro atoms. The van der Waals surface area contributed by atoms with E-state index < -0.39 is 5.91 Å². The molecule has 5 N–H and O–H groups in total. The third kappa shape index (κ3) is 3.24. The summed E-state index contributed by atoms with van der Waals surface area (Å²) in [7, 11) is 1.64. The molecule has 2 rings (SSSR count). The largest absolute Gasteiger partial charge is 0.397 e. The van der Waals surface area contributed by atoms with Crippen molar-refractivity contribution >= 4 is 23.1 Å². The van der Waals surface area contributed by atoms with Gasteiger partial charge in [-0.1, -0.05) is 12.1 Å². The zero-order valence-electron chi connectivity index (χ0n) is 11.1. The number of pyridine rings is 1. The van der Waals surface area contributed by atoms with Crippen LogP contribution in [0, 0.1) is 0 Å². The summed E-state index contributed by atoms with van der Waals surface area (Å²) in [6.07, 6.45) is 1.40. The van der Waals surface area contributed by atoms with Crippen molar-refractivity contribution in [1.82, 2.24) is 4.98 Å². The number of anilines is 3. The summed E-state index contributed by atoms with van der Waals surface area (Å²) in [5.74, 6) is -0.0800. The van der Waals surface area contributed by atoms with Crippen molar-refractivity contribution in [1.29, 1.82) is 0 Å². The standard InChI is InChI=1S/C14H16N4O2/c1-20-8-9-3-2-4-10(5-9)18-13-6-11(14(16)19)12(15)7-17-13/h2-7H,8,15H2,1H3,(H2,16,19)(H,17,18). The van der Waals surface area contributed by atoms with E-state index in [0.717, 1.165) is 11.3 Å². The maximum Gasteiger partial charge on any atom is 0.250 e. The van der Waals surface area contributed by atoms with Crippen LogP contribution < -0.4 is 16.8 Å². The number of ether oxygens (including phenoxy) is 1. The molecule has 0 aliphatic heterocycles. The fraction of sp³-hybridized carbons (Fsp3) is 0.143. The summed E-state index contributed by atoms with van der Waals surface area (Å²) in [6.45, 7) is 0.525. The summed E-state index contributed by atoms with van der Waals surface area (Å²) < 4.78 is 5.08. The van der Waals surface area contributed by atoms with E-state index in [-0.39, 0.29) is 11.3 Å². The first-order valence-corrected chi connectivity index (χ1v) is 6.00. The number of methoxy groups -OCH3 is 1. The Morgan fingerprint density at radius 2 is 2.20 bits per heavy atom.